The van der Waals surface area contributed by atoms with Crippen LogP contribution in [-0.4, -0.2) is 0 Å². The molecule has 2 rings (SSSR count). The number of rotatable bonds is 4. The number of hydrogen-bond donors (Lipinski definition) is 4. The zero-order chi connectivity index (χ0) is 14.7. The zero-order valence-electron chi connectivity index (χ0n) is 10.4. The van der Waals surface area contributed by atoms with Crippen molar-refractivity contribution < 1.29 is 13.6 Å². The molecule has 0 heterocycles. The van der Waals surface area contributed by atoms with E-state index in [9.17, 15) is 4.57 Å². The third-order valence-electron chi connectivity index (χ3n) is 2.41. The molecule has 0 fully saturated rings. The lowest BCUT2D eigenvalue weighted by Gasteiger charge is -2.01. The van der Waals surface area contributed by atoms with E-state index in [2.05, 4.69) is 0 Å². The minimum absolute atomic E-state index is 0.217. The maximum absolute atomic E-state index is 11.8. The van der Waals surface area contributed by atoms with Crippen LogP contribution in [0.1, 0.15) is 0 Å². The van der Waals surface area contributed by atoms with Gasteiger partial charge in [0.05, 0.1) is 11.4 Å². The van der Waals surface area contributed by atoms with Gasteiger partial charge in [0.2, 0.25) is 11.5 Å². The van der Waals surface area contributed by atoms with Crippen molar-refractivity contribution in [2.75, 3.05) is 22.9 Å². The van der Waals surface area contributed by atoms with Gasteiger partial charge in [-0.2, -0.15) is 0 Å². The summed E-state index contributed by atoms with van der Waals surface area (Å²) >= 11 is 0. The Morgan fingerprint density at radius 1 is 0.750 bits per heavy atom. The Morgan fingerprint density at radius 3 is 1.50 bits per heavy atom. The van der Waals surface area contributed by atoms with Crippen LogP contribution in [0.3, 0.4) is 0 Å². The van der Waals surface area contributed by atoms with Crippen LogP contribution in [0.25, 0.3) is 0 Å². The second-order valence-electron chi connectivity index (χ2n) is 4.00. The molecular formula is C12H14N4O3P+. The van der Waals surface area contributed by atoms with E-state index in [0.717, 1.165) is 0 Å². The van der Waals surface area contributed by atoms with Gasteiger partial charge < -0.3 is 22.9 Å². The largest absolute Gasteiger partial charge is 0.805 e. The molecule has 20 heavy (non-hydrogen) atoms. The van der Waals surface area contributed by atoms with Crippen LogP contribution < -0.4 is 32.0 Å². The van der Waals surface area contributed by atoms with Gasteiger partial charge in [-0.15, -0.1) is 0 Å². The van der Waals surface area contributed by atoms with E-state index in [4.69, 9.17) is 32.0 Å². The van der Waals surface area contributed by atoms with Crippen LogP contribution >= 0.6 is 8.25 Å². The highest BCUT2D eigenvalue weighted by molar-refractivity contribution is 7.34. The maximum atomic E-state index is 11.8. The average Bonchev–Trinajstić information content (AvgIpc) is 2.36. The summed E-state index contributed by atoms with van der Waals surface area (Å²) in [5, 5.41) is 0. The lowest BCUT2D eigenvalue weighted by atomic mass is 10.3. The Morgan fingerprint density at radius 2 is 1.15 bits per heavy atom. The molecule has 0 unspecified atom stereocenters. The lowest BCUT2D eigenvalue weighted by Crippen LogP contribution is -1.97. The van der Waals surface area contributed by atoms with Crippen molar-refractivity contribution in [2.24, 2.45) is 0 Å². The molecular weight excluding hydrogens is 279 g/mol. The summed E-state index contributed by atoms with van der Waals surface area (Å²) in [4.78, 5) is 0. The molecule has 0 spiro atoms. The summed E-state index contributed by atoms with van der Waals surface area (Å²) < 4.78 is 22.0. The highest BCUT2D eigenvalue weighted by atomic mass is 31.1. The van der Waals surface area contributed by atoms with Crippen molar-refractivity contribution in [1.29, 1.82) is 0 Å². The molecule has 104 valence electrons. The van der Waals surface area contributed by atoms with Gasteiger partial charge in [0.15, 0.2) is 0 Å². The molecule has 0 aromatic heterocycles. The maximum Gasteiger partial charge on any atom is 0.805 e. The third kappa shape index (κ3) is 3.21. The number of nitrogen functional groups attached to an aromatic ring is 4. The van der Waals surface area contributed by atoms with Gasteiger partial charge >= 0.3 is 8.25 Å². The molecule has 2 aromatic carbocycles. The van der Waals surface area contributed by atoms with Gasteiger partial charge in [0.25, 0.3) is 0 Å². The first-order valence-electron chi connectivity index (χ1n) is 5.59. The minimum atomic E-state index is -2.48. The number of nitrogens with two attached hydrogens (primary N) is 4. The van der Waals surface area contributed by atoms with Crippen LogP contribution in [0.5, 0.6) is 11.5 Å². The topological polar surface area (TPSA) is 140 Å². The van der Waals surface area contributed by atoms with Gasteiger partial charge in [-0.25, -0.2) is 9.05 Å². The van der Waals surface area contributed by atoms with Gasteiger partial charge in [-0.1, -0.05) is 0 Å². The van der Waals surface area contributed by atoms with Crippen LogP contribution in [0, 0.1) is 0 Å². The first-order valence-corrected chi connectivity index (χ1v) is 6.68. The van der Waals surface area contributed by atoms with Crippen molar-refractivity contribution in [2.45, 2.75) is 0 Å². The fraction of sp³-hybridized carbons (Fsp3) is 0. The standard InChI is InChI=1S/C12H14N4O3P/c13-7-1-3-11(9(15)5-7)18-20(17)19-12-4-2-8(14)6-10(12)16/h1-6H,13-16H2/q+1. The molecule has 0 bridgehead atoms. The van der Waals surface area contributed by atoms with Gasteiger partial charge in [-0.05, 0) is 36.4 Å². The van der Waals surface area contributed by atoms with Crippen LogP contribution in [0.2, 0.25) is 0 Å². The van der Waals surface area contributed by atoms with E-state index >= 15 is 0 Å². The fourth-order valence-corrected chi connectivity index (χ4v) is 2.17. The summed E-state index contributed by atoms with van der Waals surface area (Å²) in [7, 11) is -2.48. The van der Waals surface area contributed by atoms with E-state index in [1.54, 1.807) is 12.1 Å². The predicted molar refractivity (Wildman–Crippen MR) is 79.4 cm³/mol. The van der Waals surface area contributed by atoms with Crippen molar-refractivity contribution in [3.63, 3.8) is 0 Å². The van der Waals surface area contributed by atoms with E-state index in [-0.39, 0.29) is 22.9 Å². The fourth-order valence-electron chi connectivity index (χ4n) is 1.48. The summed E-state index contributed by atoms with van der Waals surface area (Å²) in [6.07, 6.45) is 0. The Bertz CT molecular complexity index is 608. The highest BCUT2D eigenvalue weighted by Crippen LogP contribution is 2.36. The summed E-state index contributed by atoms with van der Waals surface area (Å²) in [6, 6.07) is 9.16. The number of anilines is 4. The molecule has 8 heteroatoms. The second-order valence-corrected chi connectivity index (χ2v) is 4.81. The normalized spacial score (nSPS) is 10.0. The van der Waals surface area contributed by atoms with E-state index in [0.29, 0.717) is 11.4 Å². The van der Waals surface area contributed by atoms with Crippen molar-refractivity contribution in [1.82, 2.24) is 0 Å². The first kappa shape index (κ1) is 13.8. The molecule has 0 aliphatic rings. The molecule has 8 N–H and O–H groups in total. The third-order valence-corrected chi connectivity index (χ3v) is 3.10. The Labute approximate surface area is 116 Å². The first-order chi connectivity index (χ1) is 9.45. The molecule has 7 nitrogen and oxygen atoms in total. The van der Waals surface area contributed by atoms with E-state index in [1.807, 2.05) is 0 Å². The Hall–Kier alpha value is -2.66. The van der Waals surface area contributed by atoms with Crippen LogP contribution in [-0.2, 0) is 4.57 Å². The summed E-state index contributed by atoms with van der Waals surface area (Å²) in [5.74, 6) is 0.434. The SMILES string of the molecule is Nc1ccc(O[P+](=O)Oc2ccc(N)cc2N)c(N)c1. The molecule has 0 aliphatic heterocycles. The molecule has 2 aromatic rings. The summed E-state index contributed by atoms with van der Waals surface area (Å²) in [6.45, 7) is 0. The monoisotopic (exact) mass is 293 g/mol. The predicted octanol–water partition coefficient (Wildman–Crippen LogP) is 2.13. The average molecular weight is 293 g/mol. The van der Waals surface area contributed by atoms with Crippen molar-refractivity contribution in [3.05, 3.63) is 36.4 Å². The molecule has 0 saturated heterocycles. The smallest absolute Gasteiger partial charge is 0.399 e. The van der Waals surface area contributed by atoms with Crippen LogP contribution in [0.15, 0.2) is 36.4 Å². The quantitative estimate of drug-likeness (QED) is 0.500. The highest BCUT2D eigenvalue weighted by Gasteiger charge is 2.26. The van der Waals surface area contributed by atoms with Gasteiger partial charge in [0.1, 0.15) is 0 Å². The second kappa shape index (κ2) is 5.54. The molecule has 0 radical (unpaired) electrons. The molecule has 0 atom stereocenters. The van der Waals surface area contributed by atoms with Crippen molar-refractivity contribution in [3.8, 4) is 11.5 Å². The van der Waals surface area contributed by atoms with E-state index in [1.165, 1.54) is 24.3 Å². The van der Waals surface area contributed by atoms with Gasteiger partial charge in [0, 0.05) is 15.9 Å². The number of hydrogen-bond acceptors (Lipinski definition) is 7. The van der Waals surface area contributed by atoms with Gasteiger partial charge in [-0.3, -0.25) is 0 Å². The Balaban J connectivity index is 2.09. The van der Waals surface area contributed by atoms with E-state index < -0.39 is 8.25 Å². The van der Waals surface area contributed by atoms with Crippen LogP contribution in [0.4, 0.5) is 22.7 Å². The minimum Gasteiger partial charge on any atom is -0.399 e. The molecule has 0 aliphatic carbocycles. The Kier molecular flexibility index (Phi) is 3.81. The molecule has 0 saturated carbocycles. The zero-order valence-corrected chi connectivity index (χ0v) is 11.3. The summed E-state index contributed by atoms with van der Waals surface area (Å²) in [5.41, 5.74) is 24.0. The lowest BCUT2D eigenvalue weighted by molar-refractivity contribution is 0.417. The van der Waals surface area contributed by atoms with Crippen molar-refractivity contribution >= 4 is 31.0 Å². The molecule has 0 amide bonds. The number of benzene rings is 2.